The Morgan fingerprint density at radius 2 is 1.66 bits per heavy atom. The van der Waals surface area contributed by atoms with E-state index in [9.17, 15) is 18.0 Å². The van der Waals surface area contributed by atoms with Crippen LogP contribution in [0.15, 0.2) is 22.8 Å². The highest BCUT2D eigenvalue weighted by atomic mass is 32.2. The molecule has 1 atom stereocenters. The van der Waals surface area contributed by atoms with Crippen molar-refractivity contribution in [2.75, 3.05) is 39.8 Å². The Bertz CT molecular complexity index is 889. The third-order valence-electron chi connectivity index (χ3n) is 7.11. The Kier molecular flexibility index (Phi) is 7.21. The molecule has 0 N–H and O–H groups in total. The number of likely N-dealkylation sites (tertiary alicyclic amines) is 1. The van der Waals surface area contributed by atoms with Crippen LogP contribution in [0.2, 0.25) is 0 Å². The van der Waals surface area contributed by atoms with E-state index in [4.69, 9.17) is 4.42 Å². The molecule has 1 aromatic rings. The van der Waals surface area contributed by atoms with E-state index in [1.54, 1.807) is 29.0 Å². The highest BCUT2D eigenvalue weighted by molar-refractivity contribution is 7.86. The van der Waals surface area contributed by atoms with Crippen LogP contribution >= 0.6 is 0 Å². The van der Waals surface area contributed by atoms with Crippen LogP contribution in [0.3, 0.4) is 0 Å². The fraction of sp³-hybridized carbons (Fsp3) is 0.727. The summed E-state index contributed by atoms with van der Waals surface area (Å²) in [6.07, 6.45) is 8.96. The SMILES string of the molecule is CN(C1CCCCC1)S(=O)(=O)N1CCN(C(=O)C2CCCCN2C(=O)c2ccco2)CC1. The van der Waals surface area contributed by atoms with Gasteiger partial charge in [-0.1, -0.05) is 19.3 Å². The van der Waals surface area contributed by atoms with Gasteiger partial charge in [-0.2, -0.15) is 17.0 Å². The predicted octanol–water partition coefficient (Wildman–Crippen LogP) is 1.93. The smallest absolute Gasteiger partial charge is 0.290 e. The highest BCUT2D eigenvalue weighted by Gasteiger charge is 2.39. The number of hydrogen-bond acceptors (Lipinski definition) is 5. The summed E-state index contributed by atoms with van der Waals surface area (Å²) >= 11 is 0. The first-order valence-electron chi connectivity index (χ1n) is 11.8. The number of carbonyl (C=O) groups excluding carboxylic acids is 2. The first kappa shape index (κ1) is 23.3. The van der Waals surface area contributed by atoms with Gasteiger partial charge in [-0.05, 0) is 44.2 Å². The zero-order valence-corrected chi connectivity index (χ0v) is 19.6. The van der Waals surface area contributed by atoms with Crippen LogP contribution in [0.1, 0.15) is 61.9 Å². The van der Waals surface area contributed by atoms with E-state index in [0.29, 0.717) is 26.1 Å². The lowest BCUT2D eigenvalue weighted by molar-refractivity contribution is -0.138. The molecule has 3 fully saturated rings. The number of amides is 2. The second-order valence-electron chi connectivity index (χ2n) is 9.03. The number of hydrogen-bond donors (Lipinski definition) is 0. The van der Waals surface area contributed by atoms with Crippen molar-refractivity contribution in [3.05, 3.63) is 24.2 Å². The number of carbonyl (C=O) groups is 2. The van der Waals surface area contributed by atoms with Gasteiger partial charge in [-0.25, -0.2) is 0 Å². The van der Waals surface area contributed by atoms with Crippen LogP contribution in [-0.2, 0) is 15.0 Å². The summed E-state index contributed by atoms with van der Waals surface area (Å²) in [4.78, 5) is 29.5. The zero-order valence-electron chi connectivity index (χ0n) is 18.8. The first-order valence-corrected chi connectivity index (χ1v) is 13.2. The van der Waals surface area contributed by atoms with Gasteiger partial charge >= 0.3 is 0 Å². The molecule has 1 saturated carbocycles. The number of piperidine rings is 1. The lowest BCUT2D eigenvalue weighted by Gasteiger charge is -2.41. The molecule has 2 saturated heterocycles. The molecule has 3 heterocycles. The monoisotopic (exact) mass is 466 g/mol. The zero-order chi connectivity index (χ0) is 22.7. The molecule has 2 amide bonds. The Morgan fingerprint density at radius 1 is 0.969 bits per heavy atom. The summed E-state index contributed by atoms with van der Waals surface area (Å²) in [5.41, 5.74) is 0. The van der Waals surface area contributed by atoms with Gasteiger partial charge in [0.25, 0.3) is 16.1 Å². The molecule has 0 bridgehead atoms. The van der Waals surface area contributed by atoms with Crippen molar-refractivity contribution in [1.29, 1.82) is 0 Å². The molecular formula is C22H34N4O5S. The van der Waals surface area contributed by atoms with Crippen LogP contribution < -0.4 is 0 Å². The average Bonchev–Trinajstić information content (AvgIpc) is 3.38. The van der Waals surface area contributed by atoms with Crippen LogP contribution in [0.25, 0.3) is 0 Å². The maximum atomic E-state index is 13.3. The van der Waals surface area contributed by atoms with E-state index in [1.165, 1.54) is 21.3 Å². The van der Waals surface area contributed by atoms with Crippen LogP contribution in [0.5, 0.6) is 0 Å². The molecule has 32 heavy (non-hydrogen) atoms. The Labute approximate surface area is 190 Å². The van der Waals surface area contributed by atoms with Gasteiger partial charge in [0.05, 0.1) is 6.26 Å². The van der Waals surface area contributed by atoms with E-state index < -0.39 is 16.3 Å². The minimum atomic E-state index is -3.54. The number of nitrogens with zero attached hydrogens (tertiary/aromatic N) is 4. The van der Waals surface area contributed by atoms with Gasteiger partial charge in [0.15, 0.2) is 5.76 Å². The summed E-state index contributed by atoms with van der Waals surface area (Å²) in [5, 5.41) is 0. The molecule has 0 radical (unpaired) electrons. The van der Waals surface area contributed by atoms with Crippen LogP contribution in [0, 0.1) is 0 Å². The molecule has 4 rings (SSSR count). The first-order chi connectivity index (χ1) is 15.4. The molecule has 2 aliphatic heterocycles. The van der Waals surface area contributed by atoms with Gasteiger partial charge in [0.1, 0.15) is 6.04 Å². The number of rotatable bonds is 5. The minimum Gasteiger partial charge on any atom is -0.459 e. The predicted molar refractivity (Wildman–Crippen MR) is 119 cm³/mol. The van der Waals surface area contributed by atoms with E-state index in [-0.39, 0.29) is 36.7 Å². The molecule has 0 aromatic carbocycles. The third-order valence-corrected chi connectivity index (χ3v) is 9.15. The summed E-state index contributed by atoms with van der Waals surface area (Å²) in [7, 11) is -1.85. The second-order valence-corrected chi connectivity index (χ2v) is 11.0. The van der Waals surface area contributed by atoms with E-state index in [2.05, 4.69) is 0 Å². The van der Waals surface area contributed by atoms with Crippen molar-refractivity contribution in [2.45, 2.75) is 63.5 Å². The quantitative estimate of drug-likeness (QED) is 0.661. The third kappa shape index (κ3) is 4.72. The van der Waals surface area contributed by atoms with E-state index >= 15 is 0 Å². The maximum Gasteiger partial charge on any atom is 0.290 e. The normalized spacial score (nSPS) is 24.1. The Hall–Kier alpha value is -1.91. The van der Waals surface area contributed by atoms with Crippen molar-refractivity contribution >= 4 is 22.0 Å². The van der Waals surface area contributed by atoms with Crippen LogP contribution in [0.4, 0.5) is 0 Å². The van der Waals surface area contributed by atoms with Gasteiger partial charge < -0.3 is 14.2 Å². The molecule has 1 aromatic heterocycles. The molecule has 1 aliphatic carbocycles. The van der Waals surface area contributed by atoms with Gasteiger partial charge in [0.2, 0.25) is 5.91 Å². The largest absolute Gasteiger partial charge is 0.459 e. The van der Waals surface area contributed by atoms with Gasteiger partial charge in [-0.3, -0.25) is 9.59 Å². The van der Waals surface area contributed by atoms with Crippen molar-refractivity contribution in [3.8, 4) is 0 Å². The topological polar surface area (TPSA) is 94.4 Å². The van der Waals surface area contributed by atoms with Crippen molar-refractivity contribution in [2.24, 2.45) is 0 Å². The van der Waals surface area contributed by atoms with Crippen molar-refractivity contribution < 1.29 is 22.4 Å². The summed E-state index contributed by atoms with van der Waals surface area (Å²) in [6.45, 7) is 1.77. The Balaban J connectivity index is 1.37. The van der Waals surface area contributed by atoms with Gasteiger partial charge in [-0.15, -0.1) is 0 Å². The fourth-order valence-electron chi connectivity index (χ4n) is 5.14. The fourth-order valence-corrected chi connectivity index (χ4v) is 6.71. The lowest BCUT2D eigenvalue weighted by atomic mass is 9.96. The van der Waals surface area contributed by atoms with E-state index in [1.807, 2.05) is 0 Å². The molecule has 3 aliphatic rings. The minimum absolute atomic E-state index is 0.0665. The second kappa shape index (κ2) is 9.93. The molecule has 0 spiro atoms. The summed E-state index contributed by atoms with van der Waals surface area (Å²) in [5.74, 6) is -0.114. The van der Waals surface area contributed by atoms with E-state index in [0.717, 1.165) is 38.5 Å². The number of furan rings is 1. The molecule has 10 heteroatoms. The summed E-state index contributed by atoms with van der Waals surface area (Å²) < 4.78 is 34.5. The maximum absolute atomic E-state index is 13.3. The standard InChI is InChI=1S/C22H34N4O5S/c1-23(18-8-3-2-4-9-18)32(29,30)25-15-13-24(14-16-25)21(27)19-10-5-6-12-26(19)22(28)20-11-7-17-31-20/h7,11,17-19H,2-6,8-10,12-16H2,1H3. The van der Waals surface area contributed by atoms with Gasteiger partial charge in [0, 0.05) is 45.8 Å². The van der Waals surface area contributed by atoms with Crippen LogP contribution in [-0.4, -0.2) is 90.5 Å². The summed E-state index contributed by atoms with van der Waals surface area (Å²) in [6, 6.07) is 2.83. The Morgan fingerprint density at radius 3 is 2.31 bits per heavy atom. The molecule has 1 unspecified atom stereocenters. The van der Waals surface area contributed by atoms with Crippen molar-refractivity contribution in [3.63, 3.8) is 0 Å². The molecule has 9 nitrogen and oxygen atoms in total. The average molecular weight is 467 g/mol. The molecule has 178 valence electrons. The van der Waals surface area contributed by atoms with Crippen molar-refractivity contribution in [1.82, 2.24) is 18.4 Å². The molecular weight excluding hydrogens is 432 g/mol. The lowest BCUT2D eigenvalue weighted by Crippen LogP contribution is -2.59. The number of piperazine rings is 1. The highest BCUT2D eigenvalue weighted by Crippen LogP contribution is 2.26.